The van der Waals surface area contributed by atoms with E-state index in [0.717, 1.165) is 15.7 Å². The fourth-order valence-corrected chi connectivity index (χ4v) is 3.46. The van der Waals surface area contributed by atoms with Crippen LogP contribution in [0, 0.1) is 0 Å². The number of ether oxygens (including phenoxy) is 2. The molecule has 1 amide bonds. The van der Waals surface area contributed by atoms with Gasteiger partial charge in [0.2, 0.25) is 0 Å². The third kappa shape index (κ3) is 4.24. The van der Waals surface area contributed by atoms with Gasteiger partial charge >= 0.3 is 0 Å². The molecule has 0 radical (unpaired) electrons. The van der Waals surface area contributed by atoms with E-state index in [2.05, 4.69) is 26.2 Å². The number of carbonyl (C=O) groups excluding carboxylic acids is 1. The van der Waals surface area contributed by atoms with Gasteiger partial charge in [-0.05, 0) is 54.2 Å². The first kappa shape index (κ1) is 17.6. The Hall–Kier alpha value is -2.25. The predicted octanol–water partition coefficient (Wildman–Crippen LogP) is 4.36. The molecule has 7 heteroatoms. The molecule has 1 N–H and O–H groups in total. The Kier molecular flexibility index (Phi) is 5.45. The van der Waals surface area contributed by atoms with Gasteiger partial charge in [-0.15, -0.1) is 0 Å². The van der Waals surface area contributed by atoms with E-state index in [9.17, 15) is 4.79 Å². The highest BCUT2D eigenvalue weighted by atomic mass is 79.9. The number of carbonyl (C=O) groups is 1. The molecule has 0 bridgehead atoms. The van der Waals surface area contributed by atoms with Crippen LogP contribution in [0.2, 0.25) is 0 Å². The van der Waals surface area contributed by atoms with E-state index in [4.69, 9.17) is 9.47 Å². The van der Waals surface area contributed by atoms with Crippen LogP contribution in [0.5, 0.6) is 11.5 Å². The normalized spacial score (nSPS) is 17.0. The summed E-state index contributed by atoms with van der Waals surface area (Å²) in [5.41, 5.74) is 1.53. The minimum atomic E-state index is -0.191. The highest BCUT2D eigenvalue weighted by molar-refractivity contribution is 9.10. The molecule has 1 aliphatic rings. The number of hydrogen-bond acceptors (Lipinski definition) is 5. The SMILES string of the molecule is COc1ccc(OC)c(/C=C2/SC(=Nc3cccc(Br)c3)NC2=O)c1. The van der Waals surface area contributed by atoms with Crippen LogP contribution in [0.1, 0.15) is 5.56 Å². The lowest BCUT2D eigenvalue weighted by atomic mass is 10.1. The molecule has 0 spiro atoms. The molecule has 2 aromatic carbocycles. The third-order valence-electron chi connectivity index (χ3n) is 3.41. The largest absolute Gasteiger partial charge is 0.497 e. The molecule has 3 rings (SSSR count). The fourth-order valence-electron chi connectivity index (χ4n) is 2.24. The minimum Gasteiger partial charge on any atom is -0.497 e. The molecule has 25 heavy (non-hydrogen) atoms. The lowest BCUT2D eigenvalue weighted by Gasteiger charge is -2.07. The van der Waals surface area contributed by atoms with Crippen LogP contribution in [-0.2, 0) is 4.79 Å². The molecule has 0 unspecified atom stereocenters. The summed E-state index contributed by atoms with van der Waals surface area (Å²) in [6.07, 6.45) is 1.77. The molecule has 1 fully saturated rings. The van der Waals surface area contributed by atoms with Crippen LogP contribution in [-0.4, -0.2) is 25.3 Å². The number of nitrogens with one attached hydrogen (secondary N) is 1. The van der Waals surface area contributed by atoms with Gasteiger partial charge in [-0.2, -0.15) is 0 Å². The van der Waals surface area contributed by atoms with Gasteiger partial charge < -0.3 is 14.8 Å². The topological polar surface area (TPSA) is 59.9 Å². The van der Waals surface area contributed by atoms with E-state index in [1.54, 1.807) is 26.4 Å². The Morgan fingerprint density at radius 3 is 2.72 bits per heavy atom. The molecule has 2 aromatic rings. The molecular formula is C18H15BrN2O3S. The maximum Gasteiger partial charge on any atom is 0.264 e. The molecule has 1 saturated heterocycles. The molecular weight excluding hydrogens is 404 g/mol. The zero-order chi connectivity index (χ0) is 17.8. The van der Waals surface area contributed by atoms with Crippen molar-refractivity contribution in [1.29, 1.82) is 0 Å². The minimum absolute atomic E-state index is 0.191. The summed E-state index contributed by atoms with van der Waals surface area (Å²) >= 11 is 4.69. The van der Waals surface area contributed by atoms with Gasteiger partial charge in [-0.3, -0.25) is 4.79 Å². The van der Waals surface area contributed by atoms with Crippen molar-refractivity contribution in [3.8, 4) is 11.5 Å². The van der Waals surface area contributed by atoms with Gasteiger partial charge in [0, 0.05) is 10.0 Å². The number of thioether (sulfide) groups is 1. The molecule has 0 atom stereocenters. The van der Waals surface area contributed by atoms with Crippen LogP contribution in [0.4, 0.5) is 5.69 Å². The van der Waals surface area contributed by atoms with Crippen LogP contribution in [0.3, 0.4) is 0 Å². The van der Waals surface area contributed by atoms with Crippen LogP contribution in [0.25, 0.3) is 6.08 Å². The molecule has 0 aromatic heterocycles. The second-order valence-corrected chi connectivity index (χ2v) is 7.02. The summed E-state index contributed by atoms with van der Waals surface area (Å²) in [5, 5.41) is 3.31. The van der Waals surface area contributed by atoms with Crippen molar-refractivity contribution in [3.63, 3.8) is 0 Å². The first-order valence-corrected chi connectivity index (χ1v) is 8.97. The highest BCUT2D eigenvalue weighted by Crippen LogP contribution is 2.32. The van der Waals surface area contributed by atoms with Gasteiger partial charge in [-0.25, -0.2) is 4.99 Å². The van der Waals surface area contributed by atoms with Crippen molar-refractivity contribution in [3.05, 3.63) is 57.4 Å². The predicted molar refractivity (Wildman–Crippen MR) is 104 cm³/mol. The van der Waals surface area contributed by atoms with E-state index >= 15 is 0 Å². The maximum absolute atomic E-state index is 12.2. The van der Waals surface area contributed by atoms with Crippen molar-refractivity contribution in [2.75, 3.05) is 14.2 Å². The summed E-state index contributed by atoms with van der Waals surface area (Å²) < 4.78 is 11.5. The van der Waals surface area contributed by atoms with Gasteiger partial charge in [-0.1, -0.05) is 22.0 Å². The number of amidine groups is 1. The molecule has 5 nitrogen and oxygen atoms in total. The number of hydrogen-bond donors (Lipinski definition) is 1. The number of aliphatic imine (C=N–C) groups is 1. The van der Waals surface area contributed by atoms with E-state index in [1.807, 2.05) is 36.4 Å². The molecule has 0 aliphatic carbocycles. The van der Waals surface area contributed by atoms with Gasteiger partial charge in [0.1, 0.15) is 11.5 Å². The summed E-state index contributed by atoms with van der Waals surface area (Å²) in [7, 11) is 3.18. The quantitative estimate of drug-likeness (QED) is 0.749. The maximum atomic E-state index is 12.2. The van der Waals surface area contributed by atoms with Crippen molar-refractivity contribution in [1.82, 2.24) is 5.32 Å². The van der Waals surface area contributed by atoms with Gasteiger partial charge in [0.15, 0.2) is 5.17 Å². The van der Waals surface area contributed by atoms with E-state index in [0.29, 0.717) is 21.6 Å². The summed E-state index contributed by atoms with van der Waals surface area (Å²) in [6.45, 7) is 0. The zero-order valence-electron chi connectivity index (χ0n) is 13.6. The Balaban J connectivity index is 1.89. The standard InChI is InChI=1S/C18H15BrN2O3S/c1-23-14-6-7-15(24-2)11(8-14)9-16-17(22)21-18(25-16)20-13-5-3-4-12(19)10-13/h3-10H,1-2H3,(H,20,21,22)/b16-9+. The lowest BCUT2D eigenvalue weighted by Crippen LogP contribution is -2.19. The number of nitrogens with zero attached hydrogens (tertiary/aromatic N) is 1. The number of amides is 1. The Bertz CT molecular complexity index is 880. The molecule has 0 saturated carbocycles. The third-order valence-corrected chi connectivity index (χ3v) is 4.82. The zero-order valence-corrected chi connectivity index (χ0v) is 16.0. The first-order chi connectivity index (χ1) is 12.1. The number of methoxy groups -OCH3 is 2. The Labute approximate surface area is 158 Å². The smallest absolute Gasteiger partial charge is 0.264 e. The van der Waals surface area contributed by atoms with Crippen LogP contribution >= 0.6 is 27.7 Å². The van der Waals surface area contributed by atoms with Crippen LogP contribution < -0.4 is 14.8 Å². The van der Waals surface area contributed by atoms with Gasteiger partial charge in [0.25, 0.3) is 5.91 Å². The van der Waals surface area contributed by atoms with E-state index in [1.165, 1.54) is 11.8 Å². The highest BCUT2D eigenvalue weighted by Gasteiger charge is 2.24. The molecule has 1 aliphatic heterocycles. The van der Waals surface area contributed by atoms with Crippen molar-refractivity contribution >= 4 is 50.5 Å². The molecule has 1 heterocycles. The number of rotatable bonds is 4. The van der Waals surface area contributed by atoms with Crippen molar-refractivity contribution in [2.24, 2.45) is 4.99 Å². The lowest BCUT2D eigenvalue weighted by molar-refractivity contribution is -0.115. The number of benzene rings is 2. The van der Waals surface area contributed by atoms with E-state index in [-0.39, 0.29) is 5.91 Å². The summed E-state index contributed by atoms with van der Waals surface area (Å²) in [6, 6.07) is 13.0. The first-order valence-electron chi connectivity index (χ1n) is 7.36. The summed E-state index contributed by atoms with van der Waals surface area (Å²) in [5.74, 6) is 1.17. The van der Waals surface area contributed by atoms with Crippen molar-refractivity contribution in [2.45, 2.75) is 0 Å². The second-order valence-electron chi connectivity index (χ2n) is 5.07. The average molecular weight is 419 g/mol. The van der Waals surface area contributed by atoms with E-state index < -0.39 is 0 Å². The average Bonchev–Trinajstić information content (AvgIpc) is 2.94. The summed E-state index contributed by atoms with van der Waals surface area (Å²) in [4.78, 5) is 17.2. The fraction of sp³-hybridized carbons (Fsp3) is 0.111. The number of halogens is 1. The Morgan fingerprint density at radius 2 is 2.00 bits per heavy atom. The van der Waals surface area contributed by atoms with Gasteiger partial charge in [0.05, 0.1) is 24.8 Å². The second kappa shape index (κ2) is 7.76. The van der Waals surface area contributed by atoms with Crippen LogP contribution in [0.15, 0.2) is 56.8 Å². The molecule has 128 valence electrons. The monoisotopic (exact) mass is 418 g/mol. The van der Waals surface area contributed by atoms with Crippen molar-refractivity contribution < 1.29 is 14.3 Å². The Morgan fingerprint density at radius 1 is 1.16 bits per heavy atom.